The summed E-state index contributed by atoms with van der Waals surface area (Å²) in [4.78, 5) is 38.0. The first kappa shape index (κ1) is 28.2. The average Bonchev–Trinajstić information content (AvgIpc) is 3.72. The van der Waals surface area contributed by atoms with E-state index in [1.807, 2.05) is 43.3 Å². The topological polar surface area (TPSA) is 95.3 Å². The van der Waals surface area contributed by atoms with Crippen LogP contribution in [-0.4, -0.2) is 59.3 Å². The molecule has 1 aromatic heterocycles. The van der Waals surface area contributed by atoms with Crippen molar-refractivity contribution < 1.29 is 19.4 Å². The first-order valence-corrected chi connectivity index (χ1v) is 15.4. The van der Waals surface area contributed by atoms with E-state index in [4.69, 9.17) is 9.72 Å². The predicted octanol–water partition coefficient (Wildman–Crippen LogP) is 5.98. The molecule has 42 heavy (non-hydrogen) atoms. The Bertz CT molecular complexity index is 1560. The number of hydrogen-bond acceptors (Lipinski definition) is 7. The molecule has 0 spiro atoms. The van der Waals surface area contributed by atoms with Crippen molar-refractivity contribution >= 4 is 34.1 Å². The van der Waals surface area contributed by atoms with Gasteiger partial charge in [-0.2, -0.15) is 0 Å². The number of ether oxygens (including phenoxy) is 1. The van der Waals surface area contributed by atoms with Crippen LogP contribution in [0.5, 0.6) is 5.75 Å². The molecule has 1 aliphatic carbocycles. The molecule has 3 aromatic rings. The number of aromatic nitrogens is 1. The summed E-state index contributed by atoms with van der Waals surface area (Å²) in [5.74, 6) is 0.234. The van der Waals surface area contributed by atoms with Crippen LogP contribution < -0.4 is 9.64 Å². The molecule has 2 aromatic carbocycles. The van der Waals surface area contributed by atoms with Gasteiger partial charge in [-0.05, 0) is 73.9 Å². The Morgan fingerprint density at radius 1 is 1.12 bits per heavy atom. The molecule has 1 saturated carbocycles. The number of aryl methyl sites for hydroxylation is 2. The minimum absolute atomic E-state index is 0.0273. The Kier molecular flexibility index (Phi) is 7.86. The molecule has 9 heteroatoms. The lowest BCUT2D eigenvalue weighted by atomic mass is 9.85. The number of allylic oxidation sites excluding steroid dienone is 1. The number of amides is 1. The summed E-state index contributed by atoms with van der Waals surface area (Å²) in [7, 11) is 1.81. The van der Waals surface area contributed by atoms with Crippen LogP contribution in [0.4, 0.5) is 5.13 Å². The molecular weight excluding hydrogens is 548 g/mol. The fraction of sp³-hybridized carbons (Fsp3) is 0.394. The number of piperidine rings is 1. The number of thiazole rings is 1. The lowest BCUT2D eigenvalue weighted by Gasteiger charge is -2.35. The summed E-state index contributed by atoms with van der Waals surface area (Å²) in [6.45, 7) is 6.45. The predicted molar refractivity (Wildman–Crippen MR) is 166 cm³/mol. The van der Waals surface area contributed by atoms with E-state index in [2.05, 4.69) is 28.3 Å². The van der Waals surface area contributed by atoms with E-state index in [-0.39, 0.29) is 23.7 Å². The first-order valence-electron chi connectivity index (χ1n) is 14.5. The van der Waals surface area contributed by atoms with Crippen LogP contribution in [0.2, 0.25) is 0 Å². The second-order valence-electron chi connectivity index (χ2n) is 11.8. The maximum Gasteiger partial charge on any atom is 0.307 e. The van der Waals surface area contributed by atoms with Crippen LogP contribution in [0.3, 0.4) is 0 Å². The number of aliphatic carboxylic acids is 1. The highest BCUT2D eigenvalue weighted by molar-refractivity contribution is 7.14. The monoisotopic (exact) mass is 584 g/mol. The summed E-state index contributed by atoms with van der Waals surface area (Å²) in [5, 5.41) is 12.7. The second kappa shape index (κ2) is 11.7. The SMILES string of the molecule is Cc1ccc(OCc2ccc(C(=O)N(C)CC3=NC=CC3)cc2C)c(-c2csc(N3C[C@H]4CC[C@@H](C3)C4C(=O)O)n2)c1. The number of hydrogen-bond donors (Lipinski definition) is 1. The van der Waals surface area contributed by atoms with Crippen molar-refractivity contribution in [2.45, 2.75) is 39.7 Å². The Morgan fingerprint density at radius 2 is 1.90 bits per heavy atom. The number of anilines is 1. The van der Waals surface area contributed by atoms with Gasteiger partial charge in [0.15, 0.2) is 5.13 Å². The van der Waals surface area contributed by atoms with E-state index in [1.165, 1.54) is 0 Å². The summed E-state index contributed by atoms with van der Waals surface area (Å²) >= 11 is 1.61. The molecule has 1 unspecified atom stereocenters. The molecule has 2 bridgehead atoms. The van der Waals surface area contributed by atoms with Gasteiger partial charge in [-0.3, -0.25) is 14.6 Å². The number of aliphatic imine (C=N–C) groups is 1. The fourth-order valence-electron chi connectivity index (χ4n) is 6.50. The molecule has 3 atom stereocenters. The maximum absolute atomic E-state index is 13.0. The maximum atomic E-state index is 13.0. The Hall–Kier alpha value is -3.98. The summed E-state index contributed by atoms with van der Waals surface area (Å²) in [6, 6.07) is 11.9. The minimum Gasteiger partial charge on any atom is -0.488 e. The van der Waals surface area contributed by atoms with Gasteiger partial charge < -0.3 is 19.6 Å². The Balaban J connectivity index is 1.14. The summed E-state index contributed by atoms with van der Waals surface area (Å²) in [5.41, 5.74) is 6.58. The van der Waals surface area contributed by atoms with E-state index in [9.17, 15) is 14.7 Å². The van der Waals surface area contributed by atoms with E-state index in [0.29, 0.717) is 18.7 Å². The Labute approximate surface area is 250 Å². The zero-order valence-corrected chi connectivity index (χ0v) is 25.1. The molecular formula is C33H36N4O4S. The van der Waals surface area contributed by atoms with Gasteiger partial charge in [0.05, 0.1) is 18.2 Å². The highest BCUT2D eigenvalue weighted by atomic mass is 32.1. The van der Waals surface area contributed by atoms with E-state index >= 15 is 0 Å². The number of fused-ring (bicyclic) bond motifs is 2. The van der Waals surface area contributed by atoms with Crippen LogP contribution in [0.25, 0.3) is 11.3 Å². The molecule has 3 aliphatic rings. The van der Waals surface area contributed by atoms with Gasteiger partial charge in [0.25, 0.3) is 5.91 Å². The van der Waals surface area contributed by atoms with Gasteiger partial charge in [0.1, 0.15) is 12.4 Å². The number of carbonyl (C=O) groups is 2. The van der Waals surface area contributed by atoms with E-state index in [1.54, 1.807) is 29.5 Å². The molecule has 3 heterocycles. The normalized spacial score (nSPS) is 21.0. The molecule has 8 nitrogen and oxygen atoms in total. The van der Waals surface area contributed by atoms with Crippen molar-refractivity contribution in [3.63, 3.8) is 0 Å². The lowest BCUT2D eigenvalue weighted by molar-refractivity contribution is -0.144. The lowest BCUT2D eigenvalue weighted by Crippen LogP contribution is -2.44. The highest BCUT2D eigenvalue weighted by Gasteiger charge is 2.46. The number of benzene rings is 2. The number of carboxylic acid groups (broad SMARTS) is 1. The zero-order chi connectivity index (χ0) is 29.4. The molecule has 218 valence electrons. The third-order valence-corrected chi connectivity index (χ3v) is 9.65. The summed E-state index contributed by atoms with van der Waals surface area (Å²) < 4.78 is 6.36. The van der Waals surface area contributed by atoms with Crippen molar-refractivity contribution in [2.75, 3.05) is 31.6 Å². The van der Waals surface area contributed by atoms with E-state index < -0.39 is 5.97 Å². The molecule has 2 aliphatic heterocycles. The first-order chi connectivity index (χ1) is 20.3. The highest BCUT2D eigenvalue weighted by Crippen LogP contribution is 2.44. The van der Waals surface area contributed by atoms with Crippen molar-refractivity contribution in [1.82, 2.24) is 9.88 Å². The molecule has 1 N–H and O–H groups in total. The third kappa shape index (κ3) is 5.70. The van der Waals surface area contributed by atoms with Gasteiger partial charge >= 0.3 is 5.97 Å². The molecule has 0 radical (unpaired) electrons. The van der Waals surface area contributed by atoms with Crippen LogP contribution in [0, 0.1) is 31.6 Å². The molecule has 2 fully saturated rings. The van der Waals surface area contributed by atoms with Gasteiger partial charge in [-0.25, -0.2) is 4.98 Å². The van der Waals surface area contributed by atoms with Gasteiger partial charge in [0, 0.05) is 55.0 Å². The van der Waals surface area contributed by atoms with Crippen LogP contribution >= 0.6 is 11.3 Å². The van der Waals surface area contributed by atoms with Crippen LogP contribution in [0.1, 0.15) is 46.3 Å². The van der Waals surface area contributed by atoms with Crippen molar-refractivity contribution in [1.29, 1.82) is 0 Å². The number of nitrogens with zero attached hydrogens (tertiary/aromatic N) is 4. The van der Waals surface area contributed by atoms with Crippen molar-refractivity contribution in [2.24, 2.45) is 22.7 Å². The van der Waals surface area contributed by atoms with Gasteiger partial charge in [-0.15, -0.1) is 11.3 Å². The standard InChI is InChI=1S/C33H36N4O4S/c1-20-6-11-29(41-18-25-10-7-22(14-21(25)2)31(38)36(3)17-26-5-4-12-34-26)27(13-20)28-19-42-33(35-28)37-15-23-8-9-24(16-37)30(23)32(39)40/h4,6-7,10-14,19,23-24,30H,5,8-9,15-18H2,1-3H3,(H,39,40)/t23-,24+,30?. The van der Waals surface area contributed by atoms with E-state index in [0.717, 1.165) is 76.9 Å². The summed E-state index contributed by atoms with van der Waals surface area (Å²) in [6.07, 6.45) is 6.53. The zero-order valence-electron chi connectivity index (χ0n) is 24.2. The molecule has 1 amide bonds. The van der Waals surface area contributed by atoms with Crippen LogP contribution in [0.15, 0.2) is 59.0 Å². The van der Waals surface area contributed by atoms with Crippen LogP contribution in [-0.2, 0) is 11.4 Å². The van der Waals surface area contributed by atoms with Crippen molar-refractivity contribution in [3.8, 4) is 17.0 Å². The second-order valence-corrected chi connectivity index (χ2v) is 12.6. The molecule has 6 rings (SSSR count). The van der Waals surface area contributed by atoms with Gasteiger partial charge in [-0.1, -0.05) is 23.8 Å². The smallest absolute Gasteiger partial charge is 0.307 e. The Morgan fingerprint density at radius 3 is 2.60 bits per heavy atom. The largest absolute Gasteiger partial charge is 0.488 e. The number of rotatable bonds is 9. The number of carbonyl (C=O) groups excluding carboxylic acids is 1. The average molecular weight is 585 g/mol. The minimum atomic E-state index is -0.653. The van der Waals surface area contributed by atoms with Crippen molar-refractivity contribution in [3.05, 3.63) is 76.3 Å². The quantitative estimate of drug-likeness (QED) is 0.332. The third-order valence-electron chi connectivity index (χ3n) is 8.75. The van der Waals surface area contributed by atoms with Gasteiger partial charge in [0.2, 0.25) is 0 Å². The number of carboxylic acids is 1. The fourth-order valence-corrected chi connectivity index (χ4v) is 7.35. The molecule has 1 saturated heterocycles.